The SMILES string of the molecule is COc1cc(C(O)Cc2ccc(C(F)(F)F)cc2)ncn1. The summed E-state index contributed by atoms with van der Waals surface area (Å²) in [5, 5.41) is 10.1. The van der Waals surface area contributed by atoms with Crippen LogP contribution in [0.25, 0.3) is 0 Å². The van der Waals surface area contributed by atoms with E-state index in [0.717, 1.165) is 12.1 Å². The molecule has 0 aliphatic rings. The van der Waals surface area contributed by atoms with Crippen LogP contribution in [0.1, 0.15) is 22.9 Å². The van der Waals surface area contributed by atoms with Gasteiger partial charge in [0.2, 0.25) is 5.88 Å². The maximum Gasteiger partial charge on any atom is 0.416 e. The number of aliphatic hydroxyl groups is 1. The molecule has 0 aliphatic carbocycles. The van der Waals surface area contributed by atoms with E-state index in [4.69, 9.17) is 4.74 Å². The molecule has 0 saturated carbocycles. The molecule has 2 aromatic rings. The lowest BCUT2D eigenvalue weighted by molar-refractivity contribution is -0.137. The highest BCUT2D eigenvalue weighted by molar-refractivity contribution is 5.26. The Balaban J connectivity index is 2.10. The van der Waals surface area contributed by atoms with Gasteiger partial charge >= 0.3 is 6.18 Å². The number of aliphatic hydroxyl groups excluding tert-OH is 1. The van der Waals surface area contributed by atoms with E-state index in [-0.39, 0.29) is 6.42 Å². The van der Waals surface area contributed by atoms with Gasteiger partial charge in [0.15, 0.2) is 0 Å². The number of rotatable bonds is 4. The Bertz CT molecular complexity index is 600. The van der Waals surface area contributed by atoms with Gasteiger partial charge in [0.05, 0.1) is 18.4 Å². The second-order valence-electron chi connectivity index (χ2n) is 4.40. The number of aromatic nitrogens is 2. The van der Waals surface area contributed by atoms with Gasteiger partial charge < -0.3 is 9.84 Å². The van der Waals surface area contributed by atoms with Crippen molar-refractivity contribution in [3.8, 4) is 5.88 Å². The zero-order valence-electron chi connectivity index (χ0n) is 11.1. The van der Waals surface area contributed by atoms with E-state index >= 15 is 0 Å². The van der Waals surface area contributed by atoms with Gasteiger partial charge in [-0.1, -0.05) is 12.1 Å². The molecule has 1 aromatic heterocycles. The van der Waals surface area contributed by atoms with Crippen molar-refractivity contribution >= 4 is 0 Å². The standard InChI is InChI=1S/C14H13F3N2O2/c1-21-13-7-11(18-8-19-13)12(20)6-9-2-4-10(5-3-9)14(15,16)17/h2-5,7-8,12,20H,6H2,1H3. The van der Waals surface area contributed by atoms with Crippen LogP contribution in [0, 0.1) is 0 Å². The molecule has 2 rings (SSSR count). The Morgan fingerprint density at radius 1 is 1.19 bits per heavy atom. The van der Waals surface area contributed by atoms with Crippen LogP contribution in [-0.2, 0) is 12.6 Å². The van der Waals surface area contributed by atoms with Gasteiger partial charge in [0.1, 0.15) is 12.4 Å². The van der Waals surface area contributed by atoms with Crippen molar-refractivity contribution in [2.24, 2.45) is 0 Å². The first kappa shape index (κ1) is 15.2. The Kier molecular flexibility index (Phi) is 4.42. The second-order valence-corrected chi connectivity index (χ2v) is 4.40. The summed E-state index contributed by atoms with van der Waals surface area (Å²) in [6, 6.07) is 6.13. The Morgan fingerprint density at radius 2 is 1.86 bits per heavy atom. The quantitative estimate of drug-likeness (QED) is 0.943. The molecule has 21 heavy (non-hydrogen) atoms. The number of ether oxygens (including phenoxy) is 1. The van der Waals surface area contributed by atoms with E-state index in [2.05, 4.69) is 9.97 Å². The molecule has 1 N–H and O–H groups in total. The van der Waals surface area contributed by atoms with Crippen molar-refractivity contribution in [2.75, 3.05) is 7.11 Å². The molecule has 0 radical (unpaired) electrons. The molecule has 1 unspecified atom stereocenters. The van der Waals surface area contributed by atoms with Crippen molar-refractivity contribution in [1.29, 1.82) is 0 Å². The number of hydrogen-bond donors (Lipinski definition) is 1. The van der Waals surface area contributed by atoms with Crippen LogP contribution in [0.4, 0.5) is 13.2 Å². The minimum atomic E-state index is -4.36. The summed E-state index contributed by atoms with van der Waals surface area (Å²) in [6.45, 7) is 0. The second kappa shape index (κ2) is 6.09. The zero-order valence-corrected chi connectivity index (χ0v) is 11.1. The van der Waals surface area contributed by atoms with Gasteiger partial charge in [0.25, 0.3) is 0 Å². The first-order valence-electron chi connectivity index (χ1n) is 6.10. The average Bonchev–Trinajstić information content (AvgIpc) is 2.47. The lowest BCUT2D eigenvalue weighted by Gasteiger charge is -2.12. The third kappa shape index (κ3) is 3.91. The van der Waals surface area contributed by atoms with E-state index < -0.39 is 17.8 Å². The molecule has 0 fully saturated rings. The molecule has 0 aliphatic heterocycles. The van der Waals surface area contributed by atoms with Crippen molar-refractivity contribution in [1.82, 2.24) is 9.97 Å². The minimum absolute atomic E-state index is 0.151. The van der Waals surface area contributed by atoms with Gasteiger partial charge in [0, 0.05) is 12.5 Å². The lowest BCUT2D eigenvalue weighted by Crippen LogP contribution is -2.07. The average molecular weight is 298 g/mol. The molecule has 7 heteroatoms. The number of alkyl halides is 3. The Hall–Kier alpha value is -2.15. The predicted octanol–water partition coefficient (Wildman–Crippen LogP) is 2.78. The van der Waals surface area contributed by atoms with E-state index in [1.54, 1.807) is 0 Å². The zero-order chi connectivity index (χ0) is 15.5. The lowest BCUT2D eigenvalue weighted by atomic mass is 10.0. The number of halogens is 3. The molecule has 1 aromatic carbocycles. The fourth-order valence-electron chi connectivity index (χ4n) is 1.80. The highest BCUT2D eigenvalue weighted by Crippen LogP contribution is 2.29. The van der Waals surface area contributed by atoms with E-state index in [0.29, 0.717) is 17.1 Å². The summed E-state index contributed by atoms with van der Waals surface area (Å²) in [5.41, 5.74) is 0.208. The summed E-state index contributed by atoms with van der Waals surface area (Å²) in [4.78, 5) is 7.74. The maximum atomic E-state index is 12.5. The summed E-state index contributed by atoms with van der Waals surface area (Å²) in [5.74, 6) is 0.312. The molecule has 0 amide bonds. The molecule has 1 atom stereocenters. The van der Waals surface area contributed by atoms with E-state index in [9.17, 15) is 18.3 Å². The fraction of sp³-hybridized carbons (Fsp3) is 0.286. The van der Waals surface area contributed by atoms with Crippen LogP contribution < -0.4 is 4.74 Å². The molecule has 0 bridgehead atoms. The van der Waals surface area contributed by atoms with Crippen LogP contribution in [0.3, 0.4) is 0 Å². The highest BCUT2D eigenvalue weighted by Gasteiger charge is 2.30. The number of benzene rings is 1. The van der Waals surface area contributed by atoms with Crippen molar-refractivity contribution < 1.29 is 23.0 Å². The Labute approximate surface area is 119 Å². The summed E-state index contributed by atoms with van der Waals surface area (Å²) in [7, 11) is 1.44. The number of methoxy groups -OCH3 is 1. The molecule has 4 nitrogen and oxygen atoms in total. The highest BCUT2D eigenvalue weighted by atomic mass is 19.4. The third-order valence-corrected chi connectivity index (χ3v) is 2.92. The van der Waals surface area contributed by atoms with Crippen molar-refractivity contribution in [3.63, 3.8) is 0 Å². The third-order valence-electron chi connectivity index (χ3n) is 2.92. The molecular formula is C14H13F3N2O2. The Morgan fingerprint density at radius 3 is 2.43 bits per heavy atom. The normalized spacial score (nSPS) is 13.0. The largest absolute Gasteiger partial charge is 0.481 e. The fourth-order valence-corrected chi connectivity index (χ4v) is 1.80. The molecule has 112 valence electrons. The van der Waals surface area contributed by atoms with Crippen LogP contribution in [0.15, 0.2) is 36.7 Å². The number of hydrogen-bond acceptors (Lipinski definition) is 4. The van der Waals surface area contributed by atoms with Crippen LogP contribution >= 0.6 is 0 Å². The van der Waals surface area contributed by atoms with Crippen LogP contribution in [0.5, 0.6) is 5.88 Å². The van der Waals surface area contributed by atoms with Gasteiger partial charge in [-0.25, -0.2) is 9.97 Å². The van der Waals surface area contributed by atoms with Gasteiger partial charge in [-0.3, -0.25) is 0 Å². The number of nitrogens with zero attached hydrogens (tertiary/aromatic N) is 2. The summed E-state index contributed by atoms with van der Waals surface area (Å²) in [6.07, 6.45) is -3.90. The van der Waals surface area contributed by atoms with Crippen molar-refractivity contribution in [3.05, 3.63) is 53.5 Å². The minimum Gasteiger partial charge on any atom is -0.481 e. The van der Waals surface area contributed by atoms with Crippen LogP contribution in [0.2, 0.25) is 0 Å². The monoisotopic (exact) mass is 298 g/mol. The van der Waals surface area contributed by atoms with Gasteiger partial charge in [-0.15, -0.1) is 0 Å². The maximum absolute atomic E-state index is 12.5. The van der Waals surface area contributed by atoms with E-state index in [1.165, 1.54) is 31.6 Å². The molecule has 0 spiro atoms. The molecule has 0 saturated heterocycles. The van der Waals surface area contributed by atoms with Crippen molar-refractivity contribution in [2.45, 2.75) is 18.7 Å². The summed E-state index contributed by atoms with van der Waals surface area (Å²) >= 11 is 0. The molecular weight excluding hydrogens is 285 g/mol. The molecule has 1 heterocycles. The first-order chi connectivity index (χ1) is 9.90. The topological polar surface area (TPSA) is 55.2 Å². The van der Waals surface area contributed by atoms with E-state index in [1.807, 2.05) is 0 Å². The smallest absolute Gasteiger partial charge is 0.416 e. The summed E-state index contributed by atoms with van der Waals surface area (Å²) < 4.78 is 42.3. The predicted molar refractivity (Wildman–Crippen MR) is 68.7 cm³/mol. The van der Waals surface area contributed by atoms with Gasteiger partial charge in [-0.2, -0.15) is 13.2 Å². The van der Waals surface area contributed by atoms with Crippen LogP contribution in [-0.4, -0.2) is 22.2 Å². The van der Waals surface area contributed by atoms with Gasteiger partial charge in [-0.05, 0) is 17.7 Å². The first-order valence-corrected chi connectivity index (χ1v) is 6.10.